The molecule has 0 atom stereocenters. The van der Waals surface area contributed by atoms with E-state index >= 15 is 0 Å². The number of sulfonamides is 1. The van der Waals surface area contributed by atoms with Gasteiger partial charge in [0.2, 0.25) is 15.8 Å². The lowest BCUT2D eigenvalue weighted by Crippen LogP contribution is -2.27. The Labute approximate surface area is 168 Å². The van der Waals surface area contributed by atoms with Crippen molar-refractivity contribution >= 4 is 54.6 Å². The van der Waals surface area contributed by atoms with Crippen LogP contribution < -0.4 is 9.04 Å². The summed E-state index contributed by atoms with van der Waals surface area (Å²) < 4.78 is 55.4. The Bertz CT molecular complexity index is 1050. The number of hydrogen-bond donors (Lipinski definition) is 0. The average molecular weight is 454 g/mol. The molecule has 0 unspecified atom stereocenters. The molecule has 0 bridgehead atoms. The van der Waals surface area contributed by atoms with Crippen LogP contribution in [0, 0.1) is 0 Å². The van der Waals surface area contributed by atoms with E-state index in [9.17, 15) is 16.8 Å². The molecular weight excluding hydrogens is 437 g/mol. The summed E-state index contributed by atoms with van der Waals surface area (Å²) in [5.74, 6) is -0.313. The highest BCUT2D eigenvalue weighted by Gasteiger charge is 2.29. The maximum Gasteiger partial charge on any atom is 0.237 e. The third kappa shape index (κ3) is 4.63. The standard InChI is InChI=1S/C15H17Cl2N3O5S2/c1-9(2)27(23,24)14-8-13(25-3)15(19-18-14)20(26(4,21)22)12-6-10(16)5-11(17)7-12/h5-9H,1-4H3. The van der Waals surface area contributed by atoms with Gasteiger partial charge in [0.1, 0.15) is 0 Å². The number of anilines is 2. The first-order valence-electron chi connectivity index (χ1n) is 7.50. The van der Waals surface area contributed by atoms with Gasteiger partial charge < -0.3 is 4.74 Å². The number of rotatable bonds is 6. The number of nitrogens with zero attached hydrogens (tertiary/aromatic N) is 3. The van der Waals surface area contributed by atoms with Gasteiger partial charge in [-0.3, -0.25) is 0 Å². The summed E-state index contributed by atoms with van der Waals surface area (Å²) in [6.45, 7) is 2.99. The number of sulfone groups is 1. The molecule has 0 aliphatic rings. The van der Waals surface area contributed by atoms with Crippen LogP contribution in [0.1, 0.15) is 13.8 Å². The van der Waals surface area contributed by atoms with E-state index in [-0.39, 0.29) is 32.3 Å². The fourth-order valence-electron chi connectivity index (χ4n) is 2.15. The molecule has 0 N–H and O–H groups in total. The summed E-state index contributed by atoms with van der Waals surface area (Å²) in [4.78, 5) is 0. The largest absolute Gasteiger partial charge is 0.493 e. The van der Waals surface area contributed by atoms with E-state index in [0.29, 0.717) is 0 Å². The molecule has 0 spiro atoms. The van der Waals surface area contributed by atoms with Gasteiger partial charge >= 0.3 is 0 Å². The van der Waals surface area contributed by atoms with Crippen molar-refractivity contribution in [2.45, 2.75) is 24.1 Å². The lowest BCUT2D eigenvalue weighted by atomic mass is 10.3. The quantitative estimate of drug-likeness (QED) is 0.660. The highest BCUT2D eigenvalue weighted by molar-refractivity contribution is 7.92. The van der Waals surface area contributed by atoms with Crippen LogP contribution in [0.25, 0.3) is 0 Å². The van der Waals surface area contributed by atoms with Crippen molar-refractivity contribution in [1.82, 2.24) is 10.2 Å². The highest BCUT2D eigenvalue weighted by Crippen LogP contribution is 2.37. The van der Waals surface area contributed by atoms with Crippen LogP contribution in [0.5, 0.6) is 5.75 Å². The molecule has 0 saturated carbocycles. The minimum absolute atomic E-state index is 0.0919. The van der Waals surface area contributed by atoms with Gasteiger partial charge in [-0.25, -0.2) is 21.1 Å². The molecule has 0 radical (unpaired) electrons. The topological polar surface area (TPSA) is 107 Å². The zero-order valence-corrected chi connectivity index (χ0v) is 18.0. The first-order valence-corrected chi connectivity index (χ1v) is 11.6. The minimum atomic E-state index is -3.92. The SMILES string of the molecule is COc1cc(S(=O)(=O)C(C)C)nnc1N(c1cc(Cl)cc(Cl)c1)S(C)(=O)=O. The molecule has 0 aliphatic carbocycles. The third-order valence-electron chi connectivity index (χ3n) is 3.46. The normalized spacial score (nSPS) is 12.3. The van der Waals surface area contributed by atoms with Crippen molar-refractivity contribution in [2.75, 3.05) is 17.7 Å². The second-order valence-electron chi connectivity index (χ2n) is 5.82. The molecule has 0 amide bonds. The molecule has 8 nitrogen and oxygen atoms in total. The van der Waals surface area contributed by atoms with Crippen molar-refractivity contribution in [3.63, 3.8) is 0 Å². The molecule has 1 heterocycles. The monoisotopic (exact) mass is 453 g/mol. The van der Waals surface area contributed by atoms with Gasteiger partial charge in [0.05, 0.1) is 24.3 Å². The number of benzene rings is 1. The Morgan fingerprint density at radius 3 is 2.00 bits per heavy atom. The summed E-state index contributed by atoms with van der Waals surface area (Å²) in [6, 6.07) is 5.30. The fraction of sp³-hybridized carbons (Fsp3) is 0.333. The summed E-state index contributed by atoms with van der Waals surface area (Å²) in [6.07, 6.45) is 0.946. The smallest absolute Gasteiger partial charge is 0.237 e. The van der Waals surface area contributed by atoms with E-state index in [0.717, 1.165) is 16.6 Å². The number of methoxy groups -OCH3 is 1. The van der Waals surface area contributed by atoms with Crippen molar-refractivity contribution in [1.29, 1.82) is 0 Å². The molecule has 12 heteroatoms. The van der Waals surface area contributed by atoms with Gasteiger partial charge in [0.25, 0.3) is 0 Å². The van der Waals surface area contributed by atoms with E-state index in [1.54, 1.807) is 0 Å². The van der Waals surface area contributed by atoms with Crippen molar-refractivity contribution in [3.8, 4) is 5.75 Å². The number of aromatic nitrogens is 2. The maximum absolute atomic E-state index is 12.4. The predicted molar refractivity (Wildman–Crippen MR) is 104 cm³/mol. The summed E-state index contributed by atoms with van der Waals surface area (Å²) >= 11 is 11.9. The summed E-state index contributed by atoms with van der Waals surface area (Å²) in [5, 5.41) is 6.85. The first-order chi connectivity index (χ1) is 12.4. The van der Waals surface area contributed by atoms with Crippen LogP contribution in [0.2, 0.25) is 10.0 Å². The third-order valence-corrected chi connectivity index (χ3v) is 6.96. The lowest BCUT2D eigenvalue weighted by Gasteiger charge is -2.23. The Morgan fingerprint density at radius 2 is 1.56 bits per heavy atom. The van der Waals surface area contributed by atoms with Gasteiger partial charge in [0.15, 0.2) is 20.6 Å². The van der Waals surface area contributed by atoms with Gasteiger partial charge in [-0.1, -0.05) is 23.2 Å². The summed E-state index contributed by atoms with van der Waals surface area (Å²) in [5.41, 5.74) is 0.0991. The first kappa shape index (κ1) is 21.7. The fourth-order valence-corrected chi connectivity index (χ4v) is 4.50. The van der Waals surface area contributed by atoms with E-state index in [2.05, 4.69) is 10.2 Å². The lowest BCUT2D eigenvalue weighted by molar-refractivity contribution is 0.410. The van der Waals surface area contributed by atoms with Gasteiger partial charge in [-0.15, -0.1) is 10.2 Å². The van der Waals surface area contributed by atoms with Crippen LogP contribution in [0.4, 0.5) is 11.5 Å². The second kappa shape index (κ2) is 7.78. The molecule has 148 valence electrons. The second-order valence-corrected chi connectivity index (χ2v) is 11.0. The Balaban J connectivity index is 2.74. The summed E-state index contributed by atoms with van der Waals surface area (Å²) in [7, 11) is -6.39. The molecule has 0 saturated heterocycles. The highest BCUT2D eigenvalue weighted by atomic mass is 35.5. The van der Waals surface area contributed by atoms with Crippen LogP contribution in [0.15, 0.2) is 29.3 Å². The number of ether oxygens (including phenoxy) is 1. The van der Waals surface area contributed by atoms with E-state index < -0.39 is 25.1 Å². The maximum atomic E-state index is 12.4. The van der Waals surface area contributed by atoms with Crippen molar-refractivity contribution in [2.24, 2.45) is 0 Å². The predicted octanol–water partition coefficient (Wildman–Crippen LogP) is 3.07. The van der Waals surface area contributed by atoms with E-state index in [1.807, 2.05) is 0 Å². The van der Waals surface area contributed by atoms with Crippen LogP contribution in [0.3, 0.4) is 0 Å². The Morgan fingerprint density at radius 1 is 1.00 bits per heavy atom. The van der Waals surface area contributed by atoms with E-state index in [4.69, 9.17) is 27.9 Å². The zero-order chi connectivity index (χ0) is 20.6. The Kier molecular flexibility index (Phi) is 6.25. The van der Waals surface area contributed by atoms with E-state index in [1.165, 1.54) is 39.2 Å². The molecule has 1 aromatic heterocycles. The van der Waals surface area contributed by atoms with Crippen LogP contribution in [-0.2, 0) is 19.9 Å². The molecule has 27 heavy (non-hydrogen) atoms. The number of hydrogen-bond acceptors (Lipinski definition) is 7. The van der Waals surface area contributed by atoms with Crippen LogP contribution >= 0.6 is 23.2 Å². The molecule has 0 fully saturated rings. The Hall–Kier alpha value is -1.62. The zero-order valence-electron chi connectivity index (χ0n) is 14.8. The minimum Gasteiger partial charge on any atom is -0.493 e. The molecule has 2 aromatic rings. The molecule has 0 aliphatic heterocycles. The van der Waals surface area contributed by atoms with Gasteiger partial charge in [0, 0.05) is 16.1 Å². The van der Waals surface area contributed by atoms with Gasteiger partial charge in [-0.05, 0) is 32.0 Å². The molecule has 2 rings (SSSR count). The van der Waals surface area contributed by atoms with Crippen molar-refractivity contribution in [3.05, 3.63) is 34.3 Å². The average Bonchev–Trinajstić information content (AvgIpc) is 2.52. The molecular formula is C15H17Cl2N3O5S2. The van der Waals surface area contributed by atoms with Gasteiger partial charge in [-0.2, -0.15) is 0 Å². The number of halogens is 2. The molecule has 1 aromatic carbocycles. The van der Waals surface area contributed by atoms with Crippen molar-refractivity contribution < 1.29 is 21.6 Å². The van der Waals surface area contributed by atoms with Crippen LogP contribution in [-0.4, -0.2) is 45.6 Å².